The molecule has 0 atom stereocenters. The van der Waals surface area contributed by atoms with Crippen molar-refractivity contribution in [1.29, 1.82) is 0 Å². The number of hydrogen-bond acceptors (Lipinski definition) is 2. The second-order valence-corrected chi connectivity index (χ2v) is 5.14. The van der Waals surface area contributed by atoms with Gasteiger partial charge in [-0.2, -0.15) is 0 Å². The molecule has 0 spiro atoms. The van der Waals surface area contributed by atoms with Crippen molar-refractivity contribution in [2.45, 2.75) is 19.3 Å². The van der Waals surface area contributed by atoms with Gasteiger partial charge in [0.2, 0.25) is 5.91 Å². The van der Waals surface area contributed by atoms with Gasteiger partial charge in [0, 0.05) is 17.0 Å². The monoisotopic (exact) mass is 254 g/mol. The molecular formula is C13H19ClN2O. The molecule has 2 N–H and O–H groups in total. The molecule has 0 aliphatic heterocycles. The number of nitrogens with one attached hydrogen (secondary N) is 2. The molecule has 3 nitrogen and oxygen atoms in total. The quantitative estimate of drug-likeness (QED) is 0.843. The van der Waals surface area contributed by atoms with Gasteiger partial charge in [-0.3, -0.25) is 4.79 Å². The van der Waals surface area contributed by atoms with Crippen LogP contribution in [0, 0.1) is 0 Å². The van der Waals surface area contributed by atoms with Crippen LogP contribution in [0.25, 0.3) is 0 Å². The molecule has 0 heterocycles. The van der Waals surface area contributed by atoms with Gasteiger partial charge in [-0.1, -0.05) is 37.6 Å². The smallest absolute Gasteiger partial charge is 0.233 e. The Morgan fingerprint density at radius 1 is 1.41 bits per heavy atom. The van der Waals surface area contributed by atoms with E-state index in [1.807, 2.05) is 24.3 Å². The van der Waals surface area contributed by atoms with Crippen molar-refractivity contribution in [1.82, 2.24) is 10.6 Å². The Morgan fingerprint density at radius 2 is 2.12 bits per heavy atom. The number of likely N-dealkylation sites (N-methyl/N-ethyl adjacent to an activating group) is 1. The fourth-order valence-electron chi connectivity index (χ4n) is 1.55. The SMILES string of the molecule is CNCC(=O)NCC(C)(C)c1cccc(Cl)c1. The van der Waals surface area contributed by atoms with Crippen LogP contribution in [0.4, 0.5) is 0 Å². The molecule has 0 fully saturated rings. The van der Waals surface area contributed by atoms with E-state index in [-0.39, 0.29) is 11.3 Å². The number of carbonyl (C=O) groups excluding carboxylic acids is 1. The largest absolute Gasteiger partial charge is 0.354 e. The fraction of sp³-hybridized carbons (Fsp3) is 0.462. The predicted octanol–water partition coefficient (Wildman–Crippen LogP) is 1.95. The van der Waals surface area contributed by atoms with Gasteiger partial charge in [0.25, 0.3) is 0 Å². The number of benzene rings is 1. The lowest BCUT2D eigenvalue weighted by molar-refractivity contribution is -0.120. The Hall–Kier alpha value is -1.06. The summed E-state index contributed by atoms with van der Waals surface area (Å²) in [5, 5.41) is 6.44. The highest BCUT2D eigenvalue weighted by Gasteiger charge is 2.21. The highest BCUT2D eigenvalue weighted by molar-refractivity contribution is 6.30. The summed E-state index contributed by atoms with van der Waals surface area (Å²) in [6, 6.07) is 7.73. The normalized spacial score (nSPS) is 11.3. The highest BCUT2D eigenvalue weighted by atomic mass is 35.5. The van der Waals surface area contributed by atoms with Crippen LogP contribution in [-0.2, 0) is 10.2 Å². The van der Waals surface area contributed by atoms with Gasteiger partial charge in [0.15, 0.2) is 0 Å². The van der Waals surface area contributed by atoms with E-state index in [9.17, 15) is 4.79 Å². The van der Waals surface area contributed by atoms with Gasteiger partial charge in [0.1, 0.15) is 0 Å². The molecule has 0 aromatic heterocycles. The van der Waals surface area contributed by atoms with Gasteiger partial charge in [-0.25, -0.2) is 0 Å². The second kappa shape index (κ2) is 6.03. The van der Waals surface area contributed by atoms with Crippen molar-refractivity contribution in [3.05, 3.63) is 34.9 Å². The maximum atomic E-state index is 11.4. The van der Waals surface area contributed by atoms with E-state index >= 15 is 0 Å². The summed E-state index contributed by atoms with van der Waals surface area (Å²) in [5.74, 6) is 0.00241. The average molecular weight is 255 g/mol. The van der Waals surface area contributed by atoms with Gasteiger partial charge in [-0.05, 0) is 24.7 Å². The van der Waals surface area contributed by atoms with Crippen LogP contribution in [0.2, 0.25) is 5.02 Å². The third-order valence-electron chi connectivity index (χ3n) is 2.67. The maximum absolute atomic E-state index is 11.4. The van der Waals surface area contributed by atoms with E-state index in [0.717, 1.165) is 10.6 Å². The van der Waals surface area contributed by atoms with Gasteiger partial charge >= 0.3 is 0 Å². The number of carbonyl (C=O) groups is 1. The van der Waals surface area contributed by atoms with Gasteiger partial charge in [0.05, 0.1) is 6.54 Å². The molecule has 1 aromatic rings. The average Bonchev–Trinajstić information content (AvgIpc) is 2.27. The topological polar surface area (TPSA) is 41.1 Å². The van der Waals surface area contributed by atoms with E-state index in [4.69, 9.17) is 11.6 Å². The Kier molecular flexibility index (Phi) is 4.97. The second-order valence-electron chi connectivity index (χ2n) is 4.70. The van der Waals surface area contributed by atoms with Crippen LogP contribution in [0.5, 0.6) is 0 Å². The maximum Gasteiger partial charge on any atom is 0.233 e. The third kappa shape index (κ3) is 4.36. The number of amides is 1. The van der Waals surface area contributed by atoms with E-state index < -0.39 is 0 Å². The Balaban J connectivity index is 2.65. The number of halogens is 1. The standard InChI is InChI=1S/C13H19ClN2O/c1-13(2,9-16-12(17)8-15-3)10-5-4-6-11(14)7-10/h4-7,15H,8-9H2,1-3H3,(H,16,17). The molecule has 0 saturated carbocycles. The van der Waals surface area contributed by atoms with Crippen LogP contribution < -0.4 is 10.6 Å². The van der Waals surface area contributed by atoms with Crippen LogP contribution in [0.1, 0.15) is 19.4 Å². The molecule has 0 radical (unpaired) electrons. The van der Waals surface area contributed by atoms with Crippen LogP contribution in [-0.4, -0.2) is 26.0 Å². The minimum atomic E-state index is -0.131. The van der Waals surface area contributed by atoms with Gasteiger partial charge < -0.3 is 10.6 Å². The molecule has 4 heteroatoms. The first kappa shape index (κ1) is 14.0. The minimum Gasteiger partial charge on any atom is -0.354 e. The molecule has 1 aromatic carbocycles. The van der Waals surface area contributed by atoms with Crippen molar-refractivity contribution in [3.8, 4) is 0 Å². The number of rotatable bonds is 5. The van der Waals surface area contributed by atoms with Crippen molar-refractivity contribution in [3.63, 3.8) is 0 Å². The molecular weight excluding hydrogens is 236 g/mol. The molecule has 0 aliphatic rings. The molecule has 0 aliphatic carbocycles. The summed E-state index contributed by atoms with van der Waals surface area (Å²) in [7, 11) is 1.75. The molecule has 1 rings (SSSR count). The summed E-state index contributed by atoms with van der Waals surface area (Å²) in [6.07, 6.45) is 0. The first-order chi connectivity index (χ1) is 7.95. The molecule has 0 saturated heterocycles. The first-order valence-electron chi connectivity index (χ1n) is 5.63. The van der Waals surface area contributed by atoms with E-state index in [0.29, 0.717) is 13.1 Å². The third-order valence-corrected chi connectivity index (χ3v) is 2.91. The zero-order valence-electron chi connectivity index (χ0n) is 10.5. The zero-order valence-corrected chi connectivity index (χ0v) is 11.3. The van der Waals surface area contributed by atoms with Crippen molar-refractivity contribution < 1.29 is 4.79 Å². The first-order valence-corrected chi connectivity index (χ1v) is 6.01. The summed E-state index contributed by atoms with van der Waals surface area (Å²) < 4.78 is 0. The summed E-state index contributed by atoms with van der Waals surface area (Å²) >= 11 is 5.97. The zero-order chi connectivity index (χ0) is 12.9. The van der Waals surface area contributed by atoms with E-state index in [2.05, 4.69) is 24.5 Å². The predicted molar refractivity (Wildman–Crippen MR) is 71.4 cm³/mol. The van der Waals surface area contributed by atoms with Crippen molar-refractivity contribution in [2.24, 2.45) is 0 Å². The fourth-order valence-corrected chi connectivity index (χ4v) is 1.74. The highest BCUT2D eigenvalue weighted by Crippen LogP contribution is 2.24. The number of hydrogen-bond donors (Lipinski definition) is 2. The van der Waals surface area contributed by atoms with Crippen molar-refractivity contribution in [2.75, 3.05) is 20.1 Å². The molecule has 1 amide bonds. The van der Waals surface area contributed by atoms with E-state index in [1.54, 1.807) is 7.05 Å². The van der Waals surface area contributed by atoms with Crippen molar-refractivity contribution >= 4 is 17.5 Å². The van der Waals surface area contributed by atoms with Crippen LogP contribution in [0.15, 0.2) is 24.3 Å². The van der Waals surface area contributed by atoms with Crippen LogP contribution in [0.3, 0.4) is 0 Å². The van der Waals surface area contributed by atoms with Gasteiger partial charge in [-0.15, -0.1) is 0 Å². The molecule has 0 unspecified atom stereocenters. The summed E-state index contributed by atoms with van der Waals surface area (Å²) in [5.41, 5.74) is 0.989. The van der Waals surface area contributed by atoms with E-state index in [1.165, 1.54) is 0 Å². The summed E-state index contributed by atoms with van der Waals surface area (Å²) in [4.78, 5) is 11.4. The Morgan fingerprint density at radius 3 is 2.71 bits per heavy atom. The molecule has 0 bridgehead atoms. The lowest BCUT2D eigenvalue weighted by Crippen LogP contribution is -2.40. The summed E-state index contributed by atoms with van der Waals surface area (Å²) in [6.45, 7) is 5.09. The Bertz CT molecular complexity index is 391. The molecule has 17 heavy (non-hydrogen) atoms. The lowest BCUT2D eigenvalue weighted by Gasteiger charge is -2.25. The Labute approximate surface area is 108 Å². The minimum absolute atomic E-state index is 0.00241. The van der Waals surface area contributed by atoms with Crippen LogP contribution >= 0.6 is 11.6 Å². The molecule has 94 valence electrons. The lowest BCUT2D eigenvalue weighted by atomic mass is 9.84.